The molecular formula is C10H16N2OS. The highest BCUT2D eigenvalue weighted by Gasteiger charge is 2.16. The van der Waals surface area contributed by atoms with Crippen LogP contribution in [0.3, 0.4) is 0 Å². The summed E-state index contributed by atoms with van der Waals surface area (Å²) in [6.07, 6.45) is 0.691. The fourth-order valence-corrected chi connectivity index (χ4v) is 1.84. The van der Waals surface area contributed by atoms with Crippen LogP contribution in [0.25, 0.3) is 0 Å². The molecule has 0 saturated heterocycles. The van der Waals surface area contributed by atoms with Crippen molar-refractivity contribution in [1.82, 2.24) is 10.3 Å². The van der Waals surface area contributed by atoms with Crippen LogP contribution in [-0.4, -0.2) is 22.9 Å². The highest BCUT2D eigenvalue weighted by atomic mass is 32.1. The Hall–Kier alpha value is -0.740. The second-order valence-corrected chi connectivity index (χ2v) is 4.39. The van der Waals surface area contributed by atoms with Gasteiger partial charge >= 0.3 is 0 Å². The first-order valence-corrected chi connectivity index (χ1v) is 5.67. The highest BCUT2D eigenvalue weighted by molar-refractivity contribution is 7.07. The van der Waals surface area contributed by atoms with Crippen molar-refractivity contribution < 1.29 is 4.79 Å². The number of aromatic nitrogens is 1. The first kappa shape index (κ1) is 11.3. The van der Waals surface area contributed by atoms with Gasteiger partial charge in [-0.15, -0.1) is 11.3 Å². The topological polar surface area (TPSA) is 42.0 Å². The summed E-state index contributed by atoms with van der Waals surface area (Å²) in [4.78, 5) is 15.5. The molecule has 1 aromatic heterocycles. The molecule has 0 aliphatic heterocycles. The number of hydrogen-bond donors (Lipinski definition) is 1. The van der Waals surface area contributed by atoms with Crippen LogP contribution in [0.15, 0.2) is 10.9 Å². The Labute approximate surface area is 88.6 Å². The van der Waals surface area contributed by atoms with Gasteiger partial charge in [-0.05, 0) is 6.92 Å². The van der Waals surface area contributed by atoms with E-state index in [1.54, 1.807) is 23.8 Å². The molecule has 0 radical (unpaired) electrons. The van der Waals surface area contributed by atoms with Crippen molar-refractivity contribution in [3.05, 3.63) is 16.6 Å². The molecule has 0 amide bonds. The van der Waals surface area contributed by atoms with Gasteiger partial charge in [0.25, 0.3) is 0 Å². The van der Waals surface area contributed by atoms with Crippen LogP contribution < -0.4 is 5.32 Å². The van der Waals surface area contributed by atoms with E-state index >= 15 is 0 Å². The molecule has 4 heteroatoms. The summed E-state index contributed by atoms with van der Waals surface area (Å²) in [6.45, 7) is 5.69. The molecule has 0 aliphatic rings. The van der Waals surface area contributed by atoms with E-state index in [0.717, 1.165) is 5.69 Å². The van der Waals surface area contributed by atoms with Gasteiger partial charge in [0.1, 0.15) is 5.78 Å². The van der Waals surface area contributed by atoms with Crippen molar-refractivity contribution in [3.63, 3.8) is 0 Å². The van der Waals surface area contributed by atoms with Gasteiger partial charge < -0.3 is 5.32 Å². The van der Waals surface area contributed by atoms with Crippen LogP contribution in [0.4, 0.5) is 0 Å². The number of hydrogen-bond acceptors (Lipinski definition) is 4. The van der Waals surface area contributed by atoms with Crippen molar-refractivity contribution in [2.45, 2.75) is 39.3 Å². The van der Waals surface area contributed by atoms with Gasteiger partial charge in [0.05, 0.1) is 17.2 Å². The molecule has 1 unspecified atom stereocenters. The van der Waals surface area contributed by atoms with Crippen LogP contribution in [0.5, 0.6) is 0 Å². The number of ketones is 1. The molecule has 1 heterocycles. The Kier molecular flexibility index (Phi) is 4.22. The second kappa shape index (κ2) is 5.22. The fraction of sp³-hybridized carbons (Fsp3) is 0.600. The Morgan fingerprint density at radius 2 is 2.36 bits per heavy atom. The zero-order chi connectivity index (χ0) is 10.6. The SMILES string of the molecule is CC(=O)C(Cc1cscn1)NC(C)C. The number of nitrogens with zero attached hydrogens (tertiary/aromatic N) is 1. The first-order valence-electron chi connectivity index (χ1n) is 4.73. The molecular weight excluding hydrogens is 196 g/mol. The lowest BCUT2D eigenvalue weighted by Crippen LogP contribution is -2.41. The largest absolute Gasteiger partial charge is 0.305 e. The van der Waals surface area contributed by atoms with E-state index in [1.807, 2.05) is 19.2 Å². The lowest BCUT2D eigenvalue weighted by Gasteiger charge is -2.17. The smallest absolute Gasteiger partial charge is 0.147 e. The molecule has 1 aromatic rings. The summed E-state index contributed by atoms with van der Waals surface area (Å²) >= 11 is 1.56. The fourth-order valence-electron chi connectivity index (χ4n) is 1.27. The molecule has 78 valence electrons. The number of rotatable bonds is 5. The van der Waals surface area contributed by atoms with E-state index in [0.29, 0.717) is 12.5 Å². The summed E-state index contributed by atoms with van der Waals surface area (Å²) in [7, 11) is 0. The standard InChI is InChI=1S/C10H16N2OS/c1-7(2)12-10(8(3)13)4-9-5-14-6-11-9/h5-7,10,12H,4H2,1-3H3. The second-order valence-electron chi connectivity index (χ2n) is 3.67. The van der Waals surface area contributed by atoms with Crippen LogP contribution in [-0.2, 0) is 11.2 Å². The predicted octanol–water partition coefficient (Wildman–Crippen LogP) is 1.64. The van der Waals surface area contributed by atoms with Crippen LogP contribution in [0.1, 0.15) is 26.5 Å². The minimum absolute atomic E-state index is 0.0999. The summed E-state index contributed by atoms with van der Waals surface area (Å²) in [6, 6.07) is 0.222. The first-order chi connectivity index (χ1) is 6.59. The maximum absolute atomic E-state index is 11.3. The third kappa shape index (κ3) is 3.55. The lowest BCUT2D eigenvalue weighted by molar-refractivity contribution is -0.119. The molecule has 1 N–H and O–H groups in total. The monoisotopic (exact) mass is 212 g/mol. The minimum atomic E-state index is -0.0999. The van der Waals surface area contributed by atoms with Gasteiger partial charge in [-0.25, -0.2) is 4.98 Å². The van der Waals surface area contributed by atoms with Gasteiger partial charge in [0, 0.05) is 17.8 Å². The summed E-state index contributed by atoms with van der Waals surface area (Å²) < 4.78 is 0. The molecule has 0 aliphatic carbocycles. The van der Waals surface area contributed by atoms with E-state index in [9.17, 15) is 4.79 Å². The molecule has 1 atom stereocenters. The van der Waals surface area contributed by atoms with Gasteiger partial charge in [-0.3, -0.25) is 4.79 Å². The van der Waals surface area contributed by atoms with Gasteiger partial charge in [0.15, 0.2) is 0 Å². The van der Waals surface area contributed by atoms with Crippen LogP contribution >= 0.6 is 11.3 Å². The van der Waals surface area contributed by atoms with Crippen LogP contribution in [0, 0.1) is 0 Å². The summed E-state index contributed by atoms with van der Waals surface area (Å²) in [5.74, 6) is 0.173. The number of carbonyl (C=O) groups is 1. The number of Topliss-reactive ketones (excluding diaryl/α,β-unsaturated/α-hetero) is 1. The van der Waals surface area contributed by atoms with Crippen molar-refractivity contribution >= 4 is 17.1 Å². The predicted molar refractivity (Wildman–Crippen MR) is 58.6 cm³/mol. The van der Waals surface area contributed by atoms with Crippen LogP contribution in [0.2, 0.25) is 0 Å². The van der Waals surface area contributed by atoms with Gasteiger partial charge in [-0.2, -0.15) is 0 Å². The van der Waals surface area contributed by atoms with Crippen molar-refractivity contribution in [1.29, 1.82) is 0 Å². The third-order valence-corrected chi connectivity index (χ3v) is 2.56. The van der Waals surface area contributed by atoms with Gasteiger partial charge in [0.2, 0.25) is 0 Å². The van der Waals surface area contributed by atoms with Crippen molar-refractivity contribution in [2.24, 2.45) is 0 Å². The number of thiazole rings is 1. The van der Waals surface area contributed by atoms with Crippen molar-refractivity contribution in [3.8, 4) is 0 Å². The molecule has 0 fully saturated rings. The van der Waals surface area contributed by atoms with E-state index < -0.39 is 0 Å². The van der Waals surface area contributed by atoms with E-state index in [-0.39, 0.29) is 11.8 Å². The van der Waals surface area contributed by atoms with E-state index in [1.165, 1.54) is 0 Å². The maximum atomic E-state index is 11.3. The Morgan fingerprint density at radius 1 is 1.64 bits per heavy atom. The summed E-state index contributed by atoms with van der Waals surface area (Å²) in [5, 5.41) is 5.22. The average Bonchev–Trinajstić information content (AvgIpc) is 2.54. The minimum Gasteiger partial charge on any atom is -0.305 e. The van der Waals surface area contributed by atoms with Crippen molar-refractivity contribution in [2.75, 3.05) is 0 Å². The third-order valence-electron chi connectivity index (χ3n) is 1.92. The molecule has 14 heavy (non-hydrogen) atoms. The maximum Gasteiger partial charge on any atom is 0.147 e. The quantitative estimate of drug-likeness (QED) is 0.807. The highest BCUT2D eigenvalue weighted by Crippen LogP contribution is 2.05. The zero-order valence-electron chi connectivity index (χ0n) is 8.78. The van der Waals surface area contributed by atoms with E-state index in [4.69, 9.17) is 0 Å². The molecule has 0 saturated carbocycles. The van der Waals surface area contributed by atoms with Gasteiger partial charge in [-0.1, -0.05) is 13.8 Å². The number of carbonyl (C=O) groups excluding carboxylic acids is 1. The molecule has 0 aromatic carbocycles. The molecule has 0 bridgehead atoms. The summed E-state index contributed by atoms with van der Waals surface area (Å²) in [5.41, 5.74) is 2.78. The molecule has 1 rings (SSSR count). The lowest BCUT2D eigenvalue weighted by atomic mass is 10.1. The Balaban J connectivity index is 2.56. The normalized spacial score (nSPS) is 13.1. The molecule has 3 nitrogen and oxygen atoms in total. The van der Waals surface area contributed by atoms with E-state index in [2.05, 4.69) is 10.3 Å². The zero-order valence-corrected chi connectivity index (χ0v) is 9.60. The average molecular weight is 212 g/mol. The Morgan fingerprint density at radius 3 is 2.79 bits per heavy atom. The Bertz CT molecular complexity index is 282. The number of nitrogens with one attached hydrogen (secondary N) is 1. The molecule has 0 spiro atoms.